The third-order valence-corrected chi connectivity index (χ3v) is 5.02. The van der Waals surface area contributed by atoms with Crippen molar-refractivity contribution in [2.24, 2.45) is 16.7 Å². The van der Waals surface area contributed by atoms with Crippen molar-refractivity contribution in [3.05, 3.63) is 0 Å². The maximum absolute atomic E-state index is 11.8. The van der Waals surface area contributed by atoms with E-state index in [1.54, 1.807) is 0 Å². The molecule has 0 amide bonds. The van der Waals surface area contributed by atoms with Gasteiger partial charge < -0.3 is 9.47 Å². The van der Waals surface area contributed by atoms with E-state index in [0.717, 1.165) is 12.8 Å². The van der Waals surface area contributed by atoms with Crippen molar-refractivity contribution in [3.8, 4) is 0 Å². The molecule has 0 fully saturated rings. The molecule has 0 aliphatic heterocycles. The molecule has 0 spiro atoms. The van der Waals surface area contributed by atoms with E-state index in [1.165, 1.54) is 0 Å². The molecule has 0 radical (unpaired) electrons. The fourth-order valence-electron chi connectivity index (χ4n) is 1.20. The van der Waals surface area contributed by atoms with Gasteiger partial charge in [0.25, 0.3) is 0 Å². The van der Waals surface area contributed by atoms with Gasteiger partial charge in [0.1, 0.15) is 11.2 Å². The first-order chi connectivity index (χ1) is 11.3. The summed E-state index contributed by atoms with van der Waals surface area (Å²) in [5.41, 5.74) is -1.47. The first-order valence-electron chi connectivity index (χ1n) is 9.79. The molecule has 0 bridgehead atoms. The SMILES string of the molecule is CCC(C)(C)C(=O)OC(C)(C)C.CCC(C)(C)C(=O)OC(C)(C)C(C)C. The summed E-state index contributed by atoms with van der Waals surface area (Å²) in [7, 11) is 0. The summed E-state index contributed by atoms with van der Waals surface area (Å²) in [5, 5.41) is 0. The van der Waals surface area contributed by atoms with E-state index in [4.69, 9.17) is 9.47 Å². The Kier molecular flexibility index (Phi) is 10.2. The Balaban J connectivity index is 0. The highest BCUT2D eigenvalue weighted by Crippen LogP contribution is 2.28. The van der Waals surface area contributed by atoms with Gasteiger partial charge in [-0.05, 0) is 81.1 Å². The molecule has 0 aromatic carbocycles. The highest BCUT2D eigenvalue weighted by Gasteiger charge is 2.34. The van der Waals surface area contributed by atoms with E-state index in [0.29, 0.717) is 5.92 Å². The van der Waals surface area contributed by atoms with Crippen LogP contribution in [0.25, 0.3) is 0 Å². The van der Waals surface area contributed by atoms with E-state index >= 15 is 0 Å². The number of ether oxygens (including phenoxy) is 2. The fourth-order valence-corrected chi connectivity index (χ4v) is 1.20. The Morgan fingerprint density at radius 1 is 0.692 bits per heavy atom. The second-order valence-electron chi connectivity index (χ2n) is 10.1. The average Bonchev–Trinajstić information content (AvgIpc) is 2.45. The largest absolute Gasteiger partial charge is 0.460 e. The van der Waals surface area contributed by atoms with Crippen molar-refractivity contribution >= 4 is 11.9 Å². The molecule has 0 saturated heterocycles. The van der Waals surface area contributed by atoms with Gasteiger partial charge in [0.05, 0.1) is 10.8 Å². The summed E-state index contributed by atoms with van der Waals surface area (Å²) in [6.45, 7) is 25.3. The van der Waals surface area contributed by atoms with Gasteiger partial charge in [0.2, 0.25) is 0 Å². The molecule has 0 N–H and O–H groups in total. The van der Waals surface area contributed by atoms with Crippen molar-refractivity contribution in [2.45, 2.75) is 114 Å². The van der Waals surface area contributed by atoms with Gasteiger partial charge in [-0.25, -0.2) is 0 Å². The zero-order valence-corrected chi connectivity index (χ0v) is 19.6. The molecular weight excluding hydrogens is 328 g/mol. The number of carbonyl (C=O) groups excluding carboxylic acids is 2. The van der Waals surface area contributed by atoms with Crippen LogP contribution in [0.15, 0.2) is 0 Å². The maximum Gasteiger partial charge on any atom is 0.312 e. The van der Waals surface area contributed by atoms with E-state index in [1.807, 2.05) is 76.2 Å². The van der Waals surface area contributed by atoms with E-state index in [9.17, 15) is 9.59 Å². The Labute approximate surface area is 162 Å². The van der Waals surface area contributed by atoms with Gasteiger partial charge in [-0.1, -0.05) is 27.7 Å². The lowest BCUT2D eigenvalue weighted by Crippen LogP contribution is -2.38. The molecular formula is C22H44O4. The molecule has 4 heteroatoms. The molecule has 0 atom stereocenters. The fraction of sp³-hybridized carbons (Fsp3) is 0.909. The predicted octanol–water partition coefficient (Wildman–Crippen LogP) is 6.16. The third kappa shape index (κ3) is 10.2. The van der Waals surface area contributed by atoms with E-state index in [2.05, 4.69) is 13.8 Å². The summed E-state index contributed by atoms with van der Waals surface area (Å²) in [4.78, 5) is 23.3. The molecule has 156 valence electrons. The molecule has 0 aliphatic carbocycles. The van der Waals surface area contributed by atoms with Gasteiger partial charge >= 0.3 is 11.9 Å². The van der Waals surface area contributed by atoms with Crippen LogP contribution in [0.3, 0.4) is 0 Å². The minimum absolute atomic E-state index is 0.0984. The highest BCUT2D eigenvalue weighted by molar-refractivity contribution is 5.76. The van der Waals surface area contributed by atoms with Crippen LogP contribution in [0, 0.1) is 16.7 Å². The number of hydrogen-bond donors (Lipinski definition) is 0. The molecule has 0 rings (SSSR count). The summed E-state index contributed by atoms with van der Waals surface area (Å²) in [6.07, 6.45) is 1.61. The summed E-state index contributed by atoms with van der Waals surface area (Å²) in [6, 6.07) is 0. The molecule has 0 aliphatic rings. The molecule has 0 saturated carbocycles. The molecule has 0 aromatic heterocycles. The smallest absolute Gasteiger partial charge is 0.312 e. The standard InChI is InChI=1S/C12H24O2.C10H20O2/c1-8-11(4,5)10(13)14-12(6,7)9(2)3;1-7-10(5,6)8(11)12-9(2,3)4/h9H,8H2,1-7H3;7H2,1-6H3. The van der Waals surface area contributed by atoms with Gasteiger partial charge in [-0.2, -0.15) is 0 Å². The topological polar surface area (TPSA) is 52.6 Å². The van der Waals surface area contributed by atoms with Crippen LogP contribution in [-0.4, -0.2) is 23.1 Å². The Hall–Kier alpha value is -1.06. The number of hydrogen-bond acceptors (Lipinski definition) is 4. The average molecular weight is 373 g/mol. The van der Waals surface area contributed by atoms with E-state index < -0.39 is 0 Å². The van der Waals surface area contributed by atoms with Crippen LogP contribution in [0.1, 0.15) is 103 Å². The quantitative estimate of drug-likeness (QED) is 0.524. The van der Waals surface area contributed by atoms with Gasteiger partial charge in [-0.3, -0.25) is 9.59 Å². The van der Waals surface area contributed by atoms with Crippen LogP contribution in [0.2, 0.25) is 0 Å². The van der Waals surface area contributed by atoms with E-state index in [-0.39, 0.29) is 34.0 Å². The molecule has 0 aromatic rings. The van der Waals surface area contributed by atoms with Gasteiger partial charge in [0, 0.05) is 0 Å². The highest BCUT2D eigenvalue weighted by atomic mass is 16.6. The van der Waals surface area contributed by atoms with Crippen molar-refractivity contribution in [1.29, 1.82) is 0 Å². The monoisotopic (exact) mass is 372 g/mol. The Morgan fingerprint density at radius 3 is 1.23 bits per heavy atom. The second-order valence-corrected chi connectivity index (χ2v) is 10.1. The lowest BCUT2D eigenvalue weighted by molar-refractivity contribution is -0.171. The van der Waals surface area contributed by atoms with Gasteiger partial charge in [-0.15, -0.1) is 0 Å². The number of esters is 2. The minimum Gasteiger partial charge on any atom is -0.460 e. The van der Waals surface area contributed by atoms with Crippen LogP contribution in [0.4, 0.5) is 0 Å². The first kappa shape index (κ1) is 27.2. The lowest BCUT2D eigenvalue weighted by atomic mass is 9.89. The minimum atomic E-state index is -0.372. The van der Waals surface area contributed by atoms with Crippen LogP contribution >= 0.6 is 0 Å². The number of rotatable bonds is 6. The van der Waals surface area contributed by atoms with Crippen LogP contribution in [-0.2, 0) is 19.1 Å². The maximum atomic E-state index is 11.8. The zero-order valence-electron chi connectivity index (χ0n) is 19.6. The molecule has 0 heterocycles. The van der Waals surface area contributed by atoms with Crippen LogP contribution in [0.5, 0.6) is 0 Å². The lowest BCUT2D eigenvalue weighted by Gasteiger charge is -2.33. The Bertz CT molecular complexity index is 451. The second kappa shape index (κ2) is 9.75. The van der Waals surface area contributed by atoms with Gasteiger partial charge in [0.15, 0.2) is 0 Å². The molecule has 0 unspecified atom stereocenters. The normalized spacial score (nSPS) is 13.0. The Morgan fingerprint density at radius 2 is 1.00 bits per heavy atom. The summed E-state index contributed by atoms with van der Waals surface area (Å²) in [5.74, 6) is 0.121. The molecule has 26 heavy (non-hydrogen) atoms. The zero-order chi connectivity index (χ0) is 21.6. The van der Waals surface area contributed by atoms with Crippen molar-refractivity contribution < 1.29 is 19.1 Å². The summed E-state index contributed by atoms with van der Waals surface area (Å²) >= 11 is 0. The molecule has 4 nitrogen and oxygen atoms in total. The summed E-state index contributed by atoms with van der Waals surface area (Å²) < 4.78 is 10.8. The predicted molar refractivity (Wildman–Crippen MR) is 109 cm³/mol. The van der Waals surface area contributed by atoms with Crippen LogP contribution < -0.4 is 0 Å². The first-order valence-corrected chi connectivity index (χ1v) is 9.79. The number of carbonyl (C=O) groups is 2. The van der Waals surface area contributed by atoms with Crippen molar-refractivity contribution in [1.82, 2.24) is 0 Å². The third-order valence-electron chi connectivity index (χ3n) is 5.02. The van der Waals surface area contributed by atoms with Crippen molar-refractivity contribution in [3.63, 3.8) is 0 Å². The van der Waals surface area contributed by atoms with Crippen molar-refractivity contribution in [2.75, 3.05) is 0 Å².